The number of thioether (sulfide) groups is 1. The molecule has 35 heavy (non-hydrogen) atoms. The lowest BCUT2D eigenvalue weighted by atomic mass is 9.69. The molecular weight excluding hydrogens is 464 g/mol. The molecule has 1 aromatic heterocycles. The number of H-pyrrole nitrogens is 1. The number of benzene rings is 2. The van der Waals surface area contributed by atoms with Crippen molar-refractivity contribution in [3.63, 3.8) is 0 Å². The Labute approximate surface area is 206 Å². The Kier molecular flexibility index (Phi) is 5.80. The molecule has 0 fully saturated rings. The zero-order valence-corrected chi connectivity index (χ0v) is 20.1. The molecule has 0 saturated heterocycles. The van der Waals surface area contributed by atoms with Crippen LogP contribution in [0.5, 0.6) is 0 Å². The van der Waals surface area contributed by atoms with E-state index < -0.39 is 16.4 Å². The minimum absolute atomic E-state index is 0.112. The van der Waals surface area contributed by atoms with Gasteiger partial charge in [0.25, 0.3) is 11.2 Å². The van der Waals surface area contributed by atoms with E-state index in [0.717, 1.165) is 5.56 Å². The van der Waals surface area contributed by atoms with Crippen LogP contribution < -0.4 is 10.9 Å². The minimum Gasteiger partial charge on any atom is -0.343 e. The monoisotopic (exact) mass is 488 g/mol. The molecule has 1 atom stereocenters. The van der Waals surface area contributed by atoms with E-state index in [9.17, 15) is 19.7 Å². The summed E-state index contributed by atoms with van der Waals surface area (Å²) in [6, 6.07) is 16.1. The third-order valence-electron chi connectivity index (χ3n) is 6.36. The third kappa shape index (κ3) is 4.39. The van der Waals surface area contributed by atoms with E-state index in [1.165, 1.54) is 17.8 Å². The summed E-state index contributed by atoms with van der Waals surface area (Å²) >= 11 is 1.40. The Morgan fingerprint density at radius 1 is 1.09 bits per heavy atom. The minimum atomic E-state index is -0.865. The van der Waals surface area contributed by atoms with Gasteiger partial charge in [-0.05, 0) is 17.4 Å². The number of nitro groups is 1. The number of anilines is 1. The summed E-state index contributed by atoms with van der Waals surface area (Å²) in [5.74, 6) is -0.0117. The molecule has 8 nitrogen and oxygen atoms in total. The van der Waals surface area contributed by atoms with Gasteiger partial charge in [0.05, 0.1) is 16.4 Å². The van der Waals surface area contributed by atoms with Crippen LogP contribution in [0.2, 0.25) is 0 Å². The predicted molar refractivity (Wildman–Crippen MR) is 134 cm³/mol. The first-order valence-corrected chi connectivity index (χ1v) is 12.3. The van der Waals surface area contributed by atoms with Gasteiger partial charge in [-0.2, -0.15) is 0 Å². The van der Waals surface area contributed by atoms with Crippen LogP contribution in [0.25, 0.3) is 0 Å². The zero-order valence-electron chi connectivity index (χ0n) is 19.3. The number of fused-ring (bicyclic) bond motifs is 1. The molecule has 0 saturated carbocycles. The molecule has 0 bridgehead atoms. The number of aromatic nitrogens is 2. The van der Waals surface area contributed by atoms with Gasteiger partial charge in [0.1, 0.15) is 5.82 Å². The number of ketones is 1. The summed E-state index contributed by atoms with van der Waals surface area (Å²) in [5.41, 5.74) is 1.92. The fraction of sp³-hybridized carbons (Fsp3) is 0.269. The van der Waals surface area contributed by atoms with Gasteiger partial charge in [0.2, 0.25) is 0 Å². The van der Waals surface area contributed by atoms with E-state index in [1.807, 2.05) is 44.2 Å². The van der Waals surface area contributed by atoms with Gasteiger partial charge in [-0.15, -0.1) is 0 Å². The third-order valence-corrected chi connectivity index (χ3v) is 7.31. The topological polar surface area (TPSA) is 118 Å². The first kappa shape index (κ1) is 23.0. The second-order valence-corrected chi connectivity index (χ2v) is 10.6. The number of aromatic amines is 1. The second kappa shape index (κ2) is 8.81. The van der Waals surface area contributed by atoms with Crippen LogP contribution in [0.3, 0.4) is 0 Å². The lowest BCUT2D eigenvalue weighted by molar-refractivity contribution is -0.385. The van der Waals surface area contributed by atoms with Crippen LogP contribution in [0, 0.1) is 15.5 Å². The highest BCUT2D eigenvalue weighted by molar-refractivity contribution is 7.98. The lowest BCUT2D eigenvalue weighted by Gasteiger charge is -2.38. The normalized spacial score (nSPS) is 18.5. The van der Waals surface area contributed by atoms with E-state index in [4.69, 9.17) is 0 Å². The van der Waals surface area contributed by atoms with Crippen molar-refractivity contribution < 1.29 is 9.72 Å². The highest BCUT2D eigenvalue weighted by Crippen LogP contribution is 2.49. The maximum Gasteiger partial charge on any atom is 0.273 e. The van der Waals surface area contributed by atoms with E-state index >= 15 is 0 Å². The number of rotatable bonds is 5. The molecule has 0 unspecified atom stereocenters. The Balaban J connectivity index is 1.65. The summed E-state index contributed by atoms with van der Waals surface area (Å²) in [5, 5.41) is 15.6. The number of Topliss-reactive ketones (excluding diaryl/α,β-unsaturated/α-hetero) is 1. The van der Waals surface area contributed by atoms with Crippen molar-refractivity contribution in [1.29, 1.82) is 0 Å². The van der Waals surface area contributed by atoms with Gasteiger partial charge in [0.15, 0.2) is 10.9 Å². The summed E-state index contributed by atoms with van der Waals surface area (Å²) in [7, 11) is 0. The van der Waals surface area contributed by atoms with Crippen LogP contribution in [0.1, 0.15) is 49.3 Å². The number of nitrogens with one attached hydrogen (secondary N) is 2. The van der Waals surface area contributed by atoms with Gasteiger partial charge in [0, 0.05) is 35.1 Å². The molecule has 2 heterocycles. The number of carbonyl (C=O) groups excluding carboxylic acids is 1. The quantitative estimate of drug-likeness (QED) is 0.220. The van der Waals surface area contributed by atoms with Gasteiger partial charge < -0.3 is 10.3 Å². The number of hydrogen-bond donors (Lipinski definition) is 2. The number of allylic oxidation sites excluding steroid dienone is 2. The molecule has 9 heteroatoms. The maximum atomic E-state index is 13.4. The molecule has 0 amide bonds. The van der Waals surface area contributed by atoms with Crippen molar-refractivity contribution in [3.05, 3.63) is 103 Å². The Morgan fingerprint density at radius 2 is 1.80 bits per heavy atom. The van der Waals surface area contributed by atoms with Crippen LogP contribution in [0.4, 0.5) is 11.5 Å². The molecule has 2 aliphatic rings. The number of para-hydroxylation sites is 1. The molecule has 178 valence electrons. The van der Waals surface area contributed by atoms with E-state index in [-0.39, 0.29) is 22.4 Å². The maximum absolute atomic E-state index is 13.4. The first-order valence-electron chi connectivity index (χ1n) is 11.3. The highest BCUT2D eigenvalue weighted by atomic mass is 32.2. The van der Waals surface area contributed by atoms with Crippen LogP contribution in [-0.4, -0.2) is 20.7 Å². The van der Waals surface area contributed by atoms with Gasteiger partial charge in [-0.3, -0.25) is 19.7 Å². The Bertz CT molecular complexity index is 1430. The zero-order chi connectivity index (χ0) is 24.7. The van der Waals surface area contributed by atoms with Crippen molar-refractivity contribution in [3.8, 4) is 0 Å². The summed E-state index contributed by atoms with van der Waals surface area (Å²) in [4.78, 5) is 45.7. The molecule has 5 rings (SSSR count). The molecule has 0 spiro atoms. The average Bonchev–Trinajstić information content (AvgIpc) is 2.81. The van der Waals surface area contributed by atoms with E-state index in [1.54, 1.807) is 18.2 Å². The lowest BCUT2D eigenvalue weighted by Crippen LogP contribution is -2.37. The molecule has 1 aliphatic heterocycles. The predicted octanol–water partition coefficient (Wildman–Crippen LogP) is 5.17. The number of nitrogens with zero attached hydrogens (tertiary/aromatic N) is 2. The molecule has 3 aromatic rings. The standard InChI is InChI=1S/C26H24N4O4S/c1-26(2)12-17-21(19(31)13-26)20(16-10-6-7-11-18(16)30(33)34)22-23(27-17)28-25(29-24(22)32)35-14-15-8-4-3-5-9-15/h3-11,20H,12-14H2,1-2H3,(H2,27,28,29,32)/t20-/m1/s1. The molecule has 0 radical (unpaired) electrons. The van der Waals surface area contributed by atoms with Crippen LogP contribution >= 0.6 is 11.8 Å². The fourth-order valence-electron chi connectivity index (χ4n) is 4.90. The van der Waals surface area contributed by atoms with Crippen molar-refractivity contribution in [2.24, 2.45) is 5.41 Å². The molecule has 2 N–H and O–H groups in total. The smallest absolute Gasteiger partial charge is 0.273 e. The first-order chi connectivity index (χ1) is 16.7. The number of carbonyl (C=O) groups is 1. The van der Waals surface area contributed by atoms with Gasteiger partial charge >= 0.3 is 0 Å². The Hall–Kier alpha value is -3.72. The van der Waals surface area contributed by atoms with Crippen molar-refractivity contribution in [2.75, 3.05) is 5.32 Å². The summed E-state index contributed by atoms with van der Waals surface area (Å²) in [6.07, 6.45) is 0.877. The molecule has 1 aliphatic carbocycles. The second-order valence-electron chi connectivity index (χ2n) is 9.61. The largest absolute Gasteiger partial charge is 0.343 e. The molecular formula is C26H24N4O4S. The summed E-state index contributed by atoms with van der Waals surface area (Å²) < 4.78 is 0. The van der Waals surface area contributed by atoms with E-state index in [2.05, 4.69) is 15.3 Å². The van der Waals surface area contributed by atoms with Crippen LogP contribution in [-0.2, 0) is 10.5 Å². The van der Waals surface area contributed by atoms with E-state index in [0.29, 0.717) is 46.4 Å². The summed E-state index contributed by atoms with van der Waals surface area (Å²) in [6.45, 7) is 4.02. The molecule has 2 aromatic carbocycles. The highest BCUT2D eigenvalue weighted by Gasteiger charge is 2.44. The van der Waals surface area contributed by atoms with Crippen molar-refractivity contribution >= 4 is 29.1 Å². The fourth-order valence-corrected chi connectivity index (χ4v) is 5.71. The van der Waals surface area contributed by atoms with Crippen molar-refractivity contribution in [2.45, 2.75) is 43.5 Å². The Morgan fingerprint density at radius 3 is 2.54 bits per heavy atom. The van der Waals surface area contributed by atoms with Crippen LogP contribution in [0.15, 0.2) is 75.8 Å². The van der Waals surface area contributed by atoms with Crippen molar-refractivity contribution in [1.82, 2.24) is 9.97 Å². The number of hydrogen-bond acceptors (Lipinski definition) is 7. The van der Waals surface area contributed by atoms with Gasteiger partial charge in [-0.25, -0.2) is 4.98 Å². The number of nitro benzene ring substituents is 1. The SMILES string of the molecule is CC1(C)CC(=O)C2=C(C1)Nc1nc(SCc3ccccc3)[nH]c(=O)c1[C@@H]2c1ccccc1[N+](=O)[O-]. The van der Waals surface area contributed by atoms with Gasteiger partial charge in [-0.1, -0.05) is 74.1 Å². The average molecular weight is 489 g/mol.